The van der Waals surface area contributed by atoms with Crippen LogP contribution in [0.25, 0.3) is 6.08 Å². The molecule has 0 saturated carbocycles. The van der Waals surface area contributed by atoms with Crippen molar-refractivity contribution in [1.29, 1.82) is 0 Å². The maximum atomic E-state index is 3.63. The fourth-order valence-electron chi connectivity index (χ4n) is 0.589. The van der Waals surface area contributed by atoms with Crippen LogP contribution in [0.1, 0.15) is 5.56 Å². The zero-order chi connectivity index (χ0) is 5.82. The summed E-state index contributed by atoms with van der Waals surface area (Å²) in [7, 11) is 0. The summed E-state index contributed by atoms with van der Waals surface area (Å²) in [6.45, 7) is 3.63. The second-order valence-corrected chi connectivity index (χ2v) is 1.61. The number of hydrogen-bond donors (Lipinski definition) is 0. The Morgan fingerprint density at radius 2 is 1.67 bits per heavy atom. The van der Waals surface area contributed by atoms with Crippen molar-refractivity contribution in [3.8, 4) is 0 Å². The Hall–Kier alpha value is 0.337. The van der Waals surface area contributed by atoms with Gasteiger partial charge in [0, 0.05) is 41.7 Å². The molecular weight excluding hydrogens is 236 g/mol. The third-order valence-electron chi connectivity index (χ3n) is 1.04. The molecule has 0 aromatic heterocycles. The number of benzene rings is 1. The van der Waals surface area contributed by atoms with Gasteiger partial charge in [0.2, 0.25) is 0 Å². The van der Waals surface area contributed by atoms with E-state index in [2.05, 4.69) is 6.58 Å². The first-order valence-electron chi connectivity index (χ1n) is 2.61. The van der Waals surface area contributed by atoms with Gasteiger partial charge in [-0.1, -0.05) is 43.0 Å². The molecule has 0 bridgehead atoms. The zero-order valence-corrected chi connectivity index (χ0v) is 8.31. The Morgan fingerprint density at radius 1 is 1.11 bits per heavy atom. The van der Waals surface area contributed by atoms with E-state index in [0.29, 0.717) is 0 Å². The molecule has 44 valence electrons. The summed E-state index contributed by atoms with van der Waals surface area (Å²) >= 11 is 0. The van der Waals surface area contributed by atoms with Gasteiger partial charge in [-0.2, -0.15) is 0 Å². The molecule has 1 heteroatoms. The van der Waals surface area contributed by atoms with E-state index in [1.165, 1.54) is 5.56 Å². The Balaban J connectivity index is 0.000000640. The molecule has 0 radical (unpaired) electrons. The van der Waals surface area contributed by atoms with E-state index in [1.54, 1.807) is 0 Å². The smallest absolute Gasteiger partial charge is 0 e. The van der Waals surface area contributed by atoms with Crippen LogP contribution in [0.3, 0.4) is 0 Å². The first-order valence-corrected chi connectivity index (χ1v) is 2.61. The van der Waals surface area contributed by atoms with Gasteiger partial charge in [0.15, 0.2) is 0 Å². The van der Waals surface area contributed by atoms with Crippen LogP contribution in [0, 0.1) is 41.7 Å². The Bertz CT molecular complexity index is 167. The average Bonchev–Trinajstić information content (AvgIpc) is 1.90. The number of hydrogen-bond acceptors (Lipinski definition) is 0. The van der Waals surface area contributed by atoms with Crippen LogP contribution in [-0.2, 0) is 0 Å². The Labute approximate surface area is 89.4 Å². The van der Waals surface area contributed by atoms with Crippen molar-refractivity contribution in [1.82, 2.24) is 0 Å². The molecule has 0 amide bonds. The third kappa shape index (κ3) is 3.13. The van der Waals surface area contributed by atoms with Crippen molar-refractivity contribution < 1.29 is 41.7 Å². The Kier molecular flexibility index (Phi) is 5.34. The fraction of sp³-hybridized carbons (Fsp3) is 0. The molecule has 0 aliphatic rings. The predicted octanol–water partition coefficient (Wildman–Crippen LogP) is 2.33. The van der Waals surface area contributed by atoms with E-state index in [9.17, 15) is 0 Å². The molecule has 0 saturated heterocycles. The van der Waals surface area contributed by atoms with Crippen LogP contribution in [0.15, 0.2) is 36.9 Å². The molecule has 0 aliphatic heterocycles. The van der Waals surface area contributed by atoms with Crippen molar-refractivity contribution >= 4 is 6.08 Å². The molecule has 0 N–H and O–H groups in total. The molecule has 1 aromatic carbocycles. The summed E-state index contributed by atoms with van der Waals surface area (Å²) in [5.41, 5.74) is 1.17. The molecule has 0 atom stereocenters. The third-order valence-corrected chi connectivity index (χ3v) is 1.04. The van der Waals surface area contributed by atoms with Crippen molar-refractivity contribution in [3.63, 3.8) is 0 Å². The zero-order valence-electron chi connectivity index (χ0n) is 5.17. The molecule has 0 unspecified atom stereocenters. The van der Waals surface area contributed by atoms with Gasteiger partial charge >= 0.3 is 0 Å². The van der Waals surface area contributed by atoms with Crippen molar-refractivity contribution in [3.05, 3.63) is 42.5 Å². The van der Waals surface area contributed by atoms with E-state index < -0.39 is 0 Å². The van der Waals surface area contributed by atoms with E-state index in [0.717, 1.165) is 0 Å². The minimum atomic E-state index is 0. The van der Waals surface area contributed by atoms with Crippen LogP contribution in [0.5, 0.6) is 0 Å². The quantitative estimate of drug-likeness (QED) is 0.711. The first-order chi connectivity index (χ1) is 3.93. The molecule has 1 aromatic rings. The Morgan fingerprint density at radius 3 is 2.00 bits per heavy atom. The summed E-state index contributed by atoms with van der Waals surface area (Å²) in [6.07, 6.45) is 1.83. The summed E-state index contributed by atoms with van der Waals surface area (Å²) in [4.78, 5) is 0. The minimum Gasteiger partial charge on any atom is -0.0985 e. The summed E-state index contributed by atoms with van der Waals surface area (Å²) in [5, 5.41) is 0. The van der Waals surface area contributed by atoms with Gasteiger partial charge in [-0.15, -0.1) is 0 Å². The molecular formula is C8H8Ce. The maximum Gasteiger partial charge on any atom is 0 e. The maximum absolute atomic E-state index is 3.63. The van der Waals surface area contributed by atoms with Crippen LogP contribution in [0.4, 0.5) is 0 Å². The summed E-state index contributed by atoms with van der Waals surface area (Å²) in [6, 6.07) is 10.0. The molecule has 0 aliphatic carbocycles. The van der Waals surface area contributed by atoms with Gasteiger partial charge in [0.25, 0.3) is 0 Å². The molecule has 0 heterocycles. The predicted molar refractivity (Wildman–Crippen MR) is 36.5 cm³/mol. The SMILES string of the molecule is C=Cc1ccccc1.[Ce]. The summed E-state index contributed by atoms with van der Waals surface area (Å²) in [5.74, 6) is 0. The van der Waals surface area contributed by atoms with Crippen LogP contribution < -0.4 is 0 Å². The summed E-state index contributed by atoms with van der Waals surface area (Å²) < 4.78 is 0. The van der Waals surface area contributed by atoms with Crippen LogP contribution in [-0.4, -0.2) is 0 Å². The molecule has 0 fully saturated rings. The van der Waals surface area contributed by atoms with Crippen molar-refractivity contribution in [2.24, 2.45) is 0 Å². The van der Waals surface area contributed by atoms with E-state index in [-0.39, 0.29) is 41.7 Å². The standard InChI is InChI=1S/C8H8.Ce/c1-2-8-6-4-3-5-7-8;/h2-7H,1H2;. The average molecular weight is 244 g/mol. The van der Waals surface area contributed by atoms with Gasteiger partial charge in [-0.05, 0) is 5.56 Å². The van der Waals surface area contributed by atoms with Crippen molar-refractivity contribution in [2.75, 3.05) is 0 Å². The monoisotopic (exact) mass is 244 g/mol. The second kappa shape index (κ2) is 5.15. The van der Waals surface area contributed by atoms with E-state index in [4.69, 9.17) is 0 Å². The molecule has 0 nitrogen and oxygen atoms in total. The normalized spacial score (nSPS) is 7.56. The molecule has 1 rings (SSSR count). The molecule has 9 heavy (non-hydrogen) atoms. The van der Waals surface area contributed by atoms with Crippen LogP contribution in [0.2, 0.25) is 0 Å². The van der Waals surface area contributed by atoms with Gasteiger partial charge in [-0.3, -0.25) is 0 Å². The van der Waals surface area contributed by atoms with Crippen LogP contribution >= 0.6 is 0 Å². The fourth-order valence-corrected chi connectivity index (χ4v) is 0.589. The van der Waals surface area contributed by atoms with Gasteiger partial charge in [-0.25, -0.2) is 0 Å². The van der Waals surface area contributed by atoms with Crippen molar-refractivity contribution in [2.45, 2.75) is 0 Å². The van der Waals surface area contributed by atoms with Gasteiger partial charge in [0.1, 0.15) is 0 Å². The molecule has 0 spiro atoms. The second-order valence-electron chi connectivity index (χ2n) is 1.61. The van der Waals surface area contributed by atoms with Gasteiger partial charge in [0.05, 0.1) is 0 Å². The van der Waals surface area contributed by atoms with E-state index >= 15 is 0 Å². The first kappa shape index (κ1) is 9.34. The topological polar surface area (TPSA) is 0 Å². The van der Waals surface area contributed by atoms with Gasteiger partial charge < -0.3 is 0 Å². The van der Waals surface area contributed by atoms with E-state index in [1.807, 2.05) is 36.4 Å². The largest absolute Gasteiger partial charge is 0.0985 e. The number of rotatable bonds is 1. The minimum absolute atomic E-state index is 0.